The van der Waals surface area contributed by atoms with Crippen molar-refractivity contribution >= 4 is 11.8 Å². The molecule has 0 bridgehead atoms. The third kappa shape index (κ3) is 4.68. The lowest BCUT2D eigenvalue weighted by atomic mass is 9.96. The third-order valence-corrected chi connectivity index (χ3v) is 4.61. The number of nitrogens with one attached hydrogen (secondary N) is 1. The number of likely N-dealkylation sites (tertiary alicyclic amines) is 1. The molecule has 2 amide bonds. The zero-order valence-electron chi connectivity index (χ0n) is 14.6. The number of rotatable bonds is 7. The predicted octanol–water partition coefficient (Wildman–Crippen LogP) is 1.97. The van der Waals surface area contributed by atoms with Gasteiger partial charge in [-0.15, -0.1) is 0 Å². The summed E-state index contributed by atoms with van der Waals surface area (Å²) in [5.41, 5.74) is 0.473. The van der Waals surface area contributed by atoms with Gasteiger partial charge in [0.2, 0.25) is 11.8 Å². The van der Waals surface area contributed by atoms with Gasteiger partial charge in [0.1, 0.15) is 5.82 Å². The Morgan fingerprint density at radius 3 is 2.92 bits per heavy atom. The molecule has 1 aromatic carbocycles. The van der Waals surface area contributed by atoms with Crippen molar-refractivity contribution in [1.82, 2.24) is 20.0 Å². The van der Waals surface area contributed by atoms with Crippen molar-refractivity contribution in [2.75, 3.05) is 13.1 Å². The summed E-state index contributed by atoms with van der Waals surface area (Å²) in [7, 11) is 0. The number of benzene rings is 1. The first-order valence-corrected chi connectivity index (χ1v) is 8.90. The van der Waals surface area contributed by atoms with Gasteiger partial charge in [-0.1, -0.05) is 18.2 Å². The maximum absolute atomic E-state index is 13.8. The topological polar surface area (TPSA) is 67.2 Å². The largest absolute Gasteiger partial charge is 0.356 e. The Hall–Kier alpha value is -2.70. The van der Waals surface area contributed by atoms with Crippen LogP contribution in [0.4, 0.5) is 4.39 Å². The number of carbonyl (C=O) groups excluding carboxylic acids is 2. The highest BCUT2D eigenvalue weighted by Crippen LogP contribution is 2.21. The summed E-state index contributed by atoms with van der Waals surface area (Å²) >= 11 is 0. The molecule has 0 radical (unpaired) electrons. The van der Waals surface area contributed by atoms with E-state index in [9.17, 15) is 14.0 Å². The Morgan fingerprint density at radius 1 is 1.31 bits per heavy atom. The molecule has 1 N–H and O–H groups in total. The van der Waals surface area contributed by atoms with Gasteiger partial charge in [-0.05, 0) is 25.0 Å². The van der Waals surface area contributed by atoms with E-state index >= 15 is 0 Å². The van der Waals surface area contributed by atoms with Crippen molar-refractivity contribution in [2.45, 2.75) is 32.4 Å². The van der Waals surface area contributed by atoms with Gasteiger partial charge in [-0.3, -0.25) is 14.3 Å². The summed E-state index contributed by atoms with van der Waals surface area (Å²) in [6, 6.07) is 8.28. The van der Waals surface area contributed by atoms with E-state index in [0.29, 0.717) is 31.5 Å². The lowest BCUT2D eigenvalue weighted by Crippen LogP contribution is -2.45. The van der Waals surface area contributed by atoms with Crippen molar-refractivity contribution in [3.05, 3.63) is 54.1 Å². The van der Waals surface area contributed by atoms with Crippen LogP contribution < -0.4 is 5.32 Å². The fourth-order valence-electron chi connectivity index (χ4n) is 3.14. The molecule has 1 atom stereocenters. The number of hydrogen-bond donors (Lipinski definition) is 1. The number of piperidine rings is 1. The molecule has 6 nitrogen and oxygen atoms in total. The lowest BCUT2D eigenvalue weighted by Gasteiger charge is -2.32. The van der Waals surface area contributed by atoms with Crippen LogP contribution in [0.2, 0.25) is 0 Å². The van der Waals surface area contributed by atoms with Crippen molar-refractivity contribution < 1.29 is 14.0 Å². The van der Waals surface area contributed by atoms with Crippen LogP contribution in [0.15, 0.2) is 42.7 Å². The van der Waals surface area contributed by atoms with Crippen molar-refractivity contribution in [3.8, 4) is 0 Å². The zero-order chi connectivity index (χ0) is 18.4. The van der Waals surface area contributed by atoms with E-state index in [2.05, 4.69) is 10.4 Å². The molecule has 2 aromatic rings. The van der Waals surface area contributed by atoms with Crippen LogP contribution in [0, 0.1) is 11.7 Å². The molecular weight excluding hydrogens is 335 g/mol. The van der Waals surface area contributed by atoms with Gasteiger partial charge in [0, 0.05) is 50.6 Å². The van der Waals surface area contributed by atoms with Crippen LogP contribution in [0.1, 0.15) is 24.8 Å². The normalized spacial score (nSPS) is 17.3. The maximum Gasteiger partial charge on any atom is 0.224 e. The first-order valence-electron chi connectivity index (χ1n) is 8.90. The third-order valence-electron chi connectivity index (χ3n) is 4.61. The van der Waals surface area contributed by atoms with E-state index in [1.165, 1.54) is 6.07 Å². The average Bonchev–Trinajstić information content (AvgIpc) is 3.15. The van der Waals surface area contributed by atoms with E-state index < -0.39 is 0 Å². The SMILES string of the molecule is O=C(NCCCn1cccn1)[C@H]1CCC(=O)N(Cc2ccccc2F)C1. The molecule has 138 valence electrons. The number of halogens is 1. The van der Waals surface area contributed by atoms with E-state index in [4.69, 9.17) is 0 Å². The second kappa shape index (κ2) is 8.60. The van der Waals surface area contributed by atoms with Gasteiger partial charge in [-0.25, -0.2) is 4.39 Å². The van der Waals surface area contributed by atoms with Gasteiger partial charge in [-0.2, -0.15) is 5.10 Å². The lowest BCUT2D eigenvalue weighted by molar-refractivity contribution is -0.138. The molecule has 0 saturated carbocycles. The molecule has 0 spiro atoms. The molecule has 7 heteroatoms. The Labute approximate surface area is 152 Å². The van der Waals surface area contributed by atoms with Crippen LogP contribution in [0.5, 0.6) is 0 Å². The molecule has 1 fully saturated rings. The summed E-state index contributed by atoms with van der Waals surface area (Å²) in [6.07, 6.45) is 5.26. The first kappa shape index (κ1) is 18.1. The quantitative estimate of drug-likeness (QED) is 0.770. The highest BCUT2D eigenvalue weighted by atomic mass is 19.1. The van der Waals surface area contributed by atoms with Crippen LogP contribution in [0.25, 0.3) is 0 Å². The summed E-state index contributed by atoms with van der Waals surface area (Å²) in [5, 5.41) is 7.05. The molecule has 1 aliphatic rings. The van der Waals surface area contributed by atoms with Gasteiger partial charge in [0.15, 0.2) is 0 Å². The minimum Gasteiger partial charge on any atom is -0.356 e. The predicted molar refractivity (Wildman–Crippen MR) is 94.4 cm³/mol. The first-order chi connectivity index (χ1) is 12.6. The number of hydrogen-bond acceptors (Lipinski definition) is 3. The fourth-order valence-corrected chi connectivity index (χ4v) is 3.14. The summed E-state index contributed by atoms with van der Waals surface area (Å²) < 4.78 is 15.6. The molecule has 1 aliphatic heterocycles. The molecule has 26 heavy (non-hydrogen) atoms. The minimum absolute atomic E-state index is 0.0315. The second-order valence-electron chi connectivity index (χ2n) is 6.51. The smallest absolute Gasteiger partial charge is 0.224 e. The molecule has 3 rings (SSSR count). The monoisotopic (exact) mass is 358 g/mol. The number of aryl methyl sites for hydroxylation is 1. The van der Waals surface area contributed by atoms with Crippen LogP contribution in [0.3, 0.4) is 0 Å². The Morgan fingerprint density at radius 2 is 2.15 bits per heavy atom. The fraction of sp³-hybridized carbons (Fsp3) is 0.421. The standard InChI is InChI=1S/C19H23FN4O2/c20-17-6-2-1-5-15(17)13-23-14-16(7-8-18(23)25)19(26)21-9-3-11-24-12-4-10-22-24/h1-2,4-6,10,12,16H,3,7-9,11,13-14H2,(H,21,26)/t16-/m0/s1. The van der Waals surface area contributed by atoms with Crippen LogP contribution >= 0.6 is 0 Å². The second-order valence-corrected chi connectivity index (χ2v) is 6.51. The van der Waals surface area contributed by atoms with E-state index in [-0.39, 0.29) is 30.1 Å². The van der Waals surface area contributed by atoms with Crippen molar-refractivity contribution in [2.24, 2.45) is 5.92 Å². The number of aromatic nitrogens is 2. The Balaban J connectivity index is 1.48. The van der Waals surface area contributed by atoms with Gasteiger partial charge in [0.25, 0.3) is 0 Å². The zero-order valence-corrected chi connectivity index (χ0v) is 14.6. The average molecular weight is 358 g/mol. The van der Waals surface area contributed by atoms with Gasteiger partial charge in [0.05, 0.1) is 5.92 Å². The van der Waals surface area contributed by atoms with Gasteiger partial charge >= 0.3 is 0 Å². The van der Waals surface area contributed by atoms with Crippen LogP contribution in [-0.2, 0) is 22.7 Å². The molecule has 1 saturated heterocycles. The molecular formula is C19H23FN4O2. The summed E-state index contributed by atoms with van der Waals surface area (Å²) in [5.74, 6) is -0.651. The van der Waals surface area contributed by atoms with Gasteiger partial charge < -0.3 is 10.2 Å². The minimum atomic E-state index is -0.328. The number of amides is 2. The van der Waals surface area contributed by atoms with Crippen molar-refractivity contribution in [1.29, 1.82) is 0 Å². The molecule has 0 unspecified atom stereocenters. The van der Waals surface area contributed by atoms with Crippen LogP contribution in [-0.4, -0.2) is 39.6 Å². The molecule has 1 aromatic heterocycles. The summed E-state index contributed by atoms with van der Waals surface area (Å²) in [4.78, 5) is 26.1. The molecule has 2 heterocycles. The highest BCUT2D eigenvalue weighted by molar-refractivity contribution is 5.83. The van der Waals surface area contributed by atoms with E-state index in [1.54, 1.807) is 29.3 Å². The number of nitrogens with zero attached hydrogens (tertiary/aromatic N) is 3. The number of carbonyl (C=O) groups is 2. The molecule has 0 aliphatic carbocycles. The van der Waals surface area contributed by atoms with E-state index in [0.717, 1.165) is 13.0 Å². The highest BCUT2D eigenvalue weighted by Gasteiger charge is 2.30. The maximum atomic E-state index is 13.8. The summed E-state index contributed by atoms with van der Waals surface area (Å²) in [6.45, 7) is 1.85. The van der Waals surface area contributed by atoms with Crippen molar-refractivity contribution in [3.63, 3.8) is 0 Å². The Bertz CT molecular complexity index is 748. The van der Waals surface area contributed by atoms with E-state index in [1.807, 2.05) is 16.9 Å². The Kier molecular flexibility index (Phi) is 5.99.